The molecule has 2 aliphatic heterocycles. The van der Waals surface area contributed by atoms with Crippen molar-refractivity contribution in [3.05, 3.63) is 89.1 Å². The number of nitrogens with two attached hydrogens (primary N) is 3. The summed E-state index contributed by atoms with van der Waals surface area (Å²) in [6.45, 7) is -4.19. The Morgan fingerprint density at radius 2 is 1.52 bits per heavy atom. The molecule has 10 N–H and O–H groups in total. The highest BCUT2D eigenvalue weighted by Gasteiger charge is 2.52. The van der Waals surface area contributed by atoms with Gasteiger partial charge in [-0.25, -0.2) is 0 Å². The lowest BCUT2D eigenvalue weighted by Gasteiger charge is -2.30. The number of nitrogens with zero attached hydrogens (tertiary/aromatic N) is 2. The number of hydrogen-bond acceptors (Lipinski definition) is 8. The van der Waals surface area contributed by atoms with Crippen molar-refractivity contribution in [2.75, 3.05) is 19.6 Å². The van der Waals surface area contributed by atoms with E-state index in [4.69, 9.17) is 17.2 Å². The van der Waals surface area contributed by atoms with E-state index in [-0.39, 0.29) is 44.4 Å². The highest BCUT2D eigenvalue weighted by Crippen LogP contribution is 2.37. The van der Waals surface area contributed by atoms with Gasteiger partial charge in [-0.15, -0.1) is 11.3 Å². The van der Waals surface area contributed by atoms with E-state index >= 15 is 8.63 Å². The summed E-state index contributed by atoms with van der Waals surface area (Å²) in [6.07, 6.45) is 6.64. The van der Waals surface area contributed by atoms with Gasteiger partial charge in [-0.1, -0.05) is 36.4 Å². The van der Waals surface area contributed by atoms with Crippen molar-refractivity contribution in [3.8, 4) is 10.6 Å². The second kappa shape index (κ2) is 19.4. The highest BCUT2D eigenvalue weighted by atomic mass is 32.1. The molecular weight excluding hydrogens is 743 g/mol. The smallest absolute Gasteiger partial charge is 0.389 e. The first kappa shape index (κ1) is 41.7. The molecule has 0 spiro atoms. The molecule has 56 heavy (non-hydrogen) atoms. The fourth-order valence-corrected chi connectivity index (χ4v) is 7.52. The standard InChI is InChI=1S/C38H48BF2N9O5S/c40-39(41)49-26(13-14-27(49)23-28-15-17-32(50(28)39)33-12-7-21-56-33)16-18-34(51)46-29(11-6-20-43)37(54)45-24-35(52)47-30(10-4-5-19-42)38(55)48-31(36(44)53)22-25-8-2-1-3-9-25/h1-3,7-9,12-15,17,21,23,29-31H,4-6,10-11,16,18-20,22,24,42-43H2,(H2,44,53)(H,45,54)(H,46,51)(H,47,52)(H,48,55). The van der Waals surface area contributed by atoms with Crippen LogP contribution in [0.4, 0.5) is 8.63 Å². The Hall–Kier alpha value is -5.46. The van der Waals surface area contributed by atoms with E-state index in [9.17, 15) is 24.0 Å². The van der Waals surface area contributed by atoms with Crippen LogP contribution in [0.3, 0.4) is 0 Å². The van der Waals surface area contributed by atoms with Crippen LogP contribution in [-0.4, -0.2) is 88.9 Å². The van der Waals surface area contributed by atoms with Gasteiger partial charge in [0.15, 0.2) is 5.70 Å². The fraction of sp³-hybridized carbons (Fsp3) is 0.368. The van der Waals surface area contributed by atoms with E-state index in [1.165, 1.54) is 11.3 Å². The third kappa shape index (κ3) is 10.4. The molecule has 1 aromatic carbocycles. The molecule has 3 aromatic rings. The molecular formula is C38H48BF2N9O5S. The first-order valence-electron chi connectivity index (χ1n) is 18.7. The molecule has 2 aliphatic rings. The van der Waals surface area contributed by atoms with E-state index in [0.717, 1.165) is 14.5 Å². The number of hydrogen-bond donors (Lipinski definition) is 7. The van der Waals surface area contributed by atoms with Gasteiger partial charge in [0.2, 0.25) is 29.5 Å². The number of amides is 5. The first-order chi connectivity index (χ1) is 26.9. The number of rotatable bonds is 21. The Bertz CT molecular complexity index is 1980. The van der Waals surface area contributed by atoms with Crippen LogP contribution in [0.25, 0.3) is 16.6 Å². The molecule has 3 atom stereocenters. The zero-order chi connectivity index (χ0) is 40.2. The molecule has 0 bridgehead atoms. The predicted molar refractivity (Wildman–Crippen MR) is 212 cm³/mol. The molecule has 0 radical (unpaired) electrons. The molecule has 14 nitrogen and oxygen atoms in total. The number of carbonyl (C=O) groups is 5. The molecule has 4 heterocycles. The average Bonchev–Trinajstić information content (AvgIpc) is 3.95. The van der Waals surface area contributed by atoms with Gasteiger partial charge in [-0.05, 0) is 74.3 Å². The summed E-state index contributed by atoms with van der Waals surface area (Å²) in [5.74, 6) is -3.24. The molecule has 0 fully saturated rings. The summed E-state index contributed by atoms with van der Waals surface area (Å²) in [7, 11) is 0. The first-order valence-corrected chi connectivity index (χ1v) is 19.5. The van der Waals surface area contributed by atoms with Crippen molar-refractivity contribution in [2.24, 2.45) is 17.2 Å². The SMILES string of the molecule is NCCCCC(NC(=O)CNC(=O)C(CCCN)NC(=O)CCC1=[N+]2C(=Cc3ccc(-c4cccs4)n3[B-]2(F)F)C=C1)C(=O)NC(Cc1ccccc1)C(N)=O. The number of aromatic nitrogens is 1. The van der Waals surface area contributed by atoms with Crippen LogP contribution in [-0.2, 0) is 30.4 Å². The Kier molecular flexibility index (Phi) is 14.5. The zero-order valence-corrected chi connectivity index (χ0v) is 31.7. The summed E-state index contributed by atoms with van der Waals surface area (Å²) in [5.41, 5.74) is 19.0. The maximum Gasteiger partial charge on any atom is 0.737 e. The van der Waals surface area contributed by atoms with Crippen molar-refractivity contribution in [2.45, 2.75) is 69.5 Å². The van der Waals surface area contributed by atoms with Crippen molar-refractivity contribution in [1.82, 2.24) is 25.7 Å². The van der Waals surface area contributed by atoms with Crippen LogP contribution in [0.2, 0.25) is 0 Å². The van der Waals surface area contributed by atoms with E-state index in [1.807, 2.05) is 11.4 Å². The minimum Gasteiger partial charge on any atom is -0.389 e. The lowest BCUT2D eigenvalue weighted by molar-refractivity contribution is -0.362. The van der Waals surface area contributed by atoms with Crippen LogP contribution in [0.1, 0.15) is 56.2 Å². The van der Waals surface area contributed by atoms with Gasteiger partial charge in [0.05, 0.1) is 6.54 Å². The molecule has 2 aromatic heterocycles. The van der Waals surface area contributed by atoms with Gasteiger partial charge in [0.1, 0.15) is 23.8 Å². The van der Waals surface area contributed by atoms with Gasteiger partial charge < -0.3 is 56.1 Å². The minimum absolute atomic E-state index is 0.0227. The Morgan fingerprint density at radius 1 is 0.804 bits per heavy atom. The monoisotopic (exact) mass is 791 g/mol. The van der Waals surface area contributed by atoms with Crippen LogP contribution >= 0.6 is 11.3 Å². The number of halogens is 2. The second-order valence-electron chi connectivity index (χ2n) is 13.7. The number of benzene rings is 1. The topological polar surface area (TPSA) is 219 Å². The normalized spacial score (nSPS) is 15.5. The largest absolute Gasteiger partial charge is 0.737 e. The number of thiophene rings is 1. The molecule has 5 amide bonds. The molecule has 0 saturated carbocycles. The maximum absolute atomic E-state index is 16.2. The van der Waals surface area contributed by atoms with Crippen molar-refractivity contribution in [1.29, 1.82) is 0 Å². The summed E-state index contributed by atoms with van der Waals surface area (Å²) < 4.78 is 34.4. The van der Waals surface area contributed by atoms with E-state index in [0.29, 0.717) is 47.8 Å². The van der Waals surface area contributed by atoms with Gasteiger partial charge in [0, 0.05) is 53.8 Å². The van der Waals surface area contributed by atoms with Crippen molar-refractivity contribution >= 4 is 59.6 Å². The third-order valence-electron chi connectivity index (χ3n) is 9.60. The molecule has 5 rings (SSSR count). The third-order valence-corrected chi connectivity index (χ3v) is 10.5. The van der Waals surface area contributed by atoms with Crippen LogP contribution < -0.4 is 38.5 Å². The Balaban J connectivity index is 1.17. The number of carbonyl (C=O) groups excluding carboxylic acids is 5. The van der Waals surface area contributed by atoms with Gasteiger partial charge in [-0.2, -0.15) is 0 Å². The van der Waals surface area contributed by atoms with E-state index in [1.54, 1.807) is 66.8 Å². The molecule has 0 saturated heterocycles. The van der Waals surface area contributed by atoms with Crippen molar-refractivity contribution < 1.29 is 37.1 Å². The molecule has 0 aliphatic carbocycles. The summed E-state index contributed by atoms with van der Waals surface area (Å²) in [5, 5.41) is 12.2. The van der Waals surface area contributed by atoms with Crippen molar-refractivity contribution in [3.63, 3.8) is 0 Å². The average molecular weight is 792 g/mol. The quantitative estimate of drug-likeness (QED) is 0.0626. The van der Waals surface area contributed by atoms with Crippen LogP contribution in [0, 0.1) is 0 Å². The van der Waals surface area contributed by atoms with Crippen LogP contribution in [0.15, 0.2) is 77.8 Å². The van der Waals surface area contributed by atoms with Crippen LogP contribution in [0.5, 0.6) is 0 Å². The molecule has 3 unspecified atom stereocenters. The Labute approximate surface area is 327 Å². The predicted octanol–water partition coefficient (Wildman–Crippen LogP) is 1.76. The number of nitrogens with one attached hydrogen (secondary N) is 4. The van der Waals surface area contributed by atoms with Gasteiger partial charge in [-0.3, -0.25) is 24.0 Å². The summed E-state index contributed by atoms with van der Waals surface area (Å²) in [4.78, 5) is 65.6. The second-order valence-corrected chi connectivity index (χ2v) is 14.6. The summed E-state index contributed by atoms with van der Waals surface area (Å²) >= 11 is 1.37. The summed E-state index contributed by atoms with van der Waals surface area (Å²) in [6, 6.07) is 12.8. The fourth-order valence-electron chi connectivity index (χ4n) is 6.77. The van der Waals surface area contributed by atoms with Gasteiger partial charge >= 0.3 is 6.97 Å². The van der Waals surface area contributed by atoms with Gasteiger partial charge in [0.25, 0.3) is 0 Å². The number of allylic oxidation sites excluding steroid dienone is 2. The minimum atomic E-state index is -4.27. The number of unbranched alkanes of at least 4 members (excludes halogenated alkanes) is 1. The lowest BCUT2D eigenvalue weighted by atomic mass is 9.90. The highest BCUT2D eigenvalue weighted by molar-refractivity contribution is 7.13. The number of primary amides is 1. The van der Waals surface area contributed by atoms with E-state index in [2.05, 4.69) is 21.3 Å². The molecule has 298 valence electrons. The van der Waals surface area contributed by atoms with E-state index < -0.39 is 61.2 Å². The lowest BCUT2D eigenvalue weighted by Crippen LogP contribution is -2.55. The Morgan fingerprint density at radius 3 is 2.21 bits per heavy atom. The zero-order valence-electron chi connectivity index (χ0n) is 30.9. The maximum atomic E-state index is 16.2. The number of fused-ring (bicyclic) bond motifs is 2. The molecule has 18 heteroatoms.